The number of hydrogen-bond donors (Lipinski definition) is 1. The molecule has 6 heteroatoms. The Labute approximate surface area is 133 Å². The van der Waals surface area contributed by atoms with Crippen molar-refractivity contribution in [1.29, 1.82) is 0 Å². The maximum Gasteiger partial charge on any atom is 0.247 e. The third-order valence-corrected chi connectivity index (χ3v) is 3.61. The Morgan fingerprint density at radius 2 is 2.00 bits per heavy atom. The molecular formula is C17H17N3O3. The van der Waals surface area contributed by atoms with Gasteiger partial charge in [-0.3, -0.25) is 9.59 Å². The van der Waals surface area contributed by atoms with E-state index in [1.54, 1.807) is 18.4 Å². The van der Waals surface area contributed by atoms with E-state index in [9.17, 15) is 9.59 Å². The van der Waals surface area contributed by atoms with Crippen LogP contribution in [0.5, 0.6) is 0 Å². The van der Waals surface area contributed by atoms with Crippen LogP contribution >= 0.6 is 0 Å². The van der Waals surface area contributed by atoms with Gasteiger partial charge in [-0.15, -0.1) is 0 Å². The van der Waals surface area contributed by atoms with Crippen LogP contribution in [0.15, 0.2) is 47.1 Å². The zero-order chi connectivity index (χ0) is 16.2. The number of furan rings is 1. The number of nitrogens with zero attached hydrogens (tertiary/aromatic N) is 2. The average molecular weight is 311 g/mol. The maximum absolute atomic E-state index is 12.3. The van der Waals surface area contributed by atoms with Gasteiger partial charge >= 0.3 is 0 Å². The Balaban J connectivity index is 1.59. The molecular weight excluding hydrogens is 294 g/mol. The molecule has 6 nitrogen and oxygen atoms in total. The van der Waals surface area contributed by atoms with Crippen molar-refractivity contribution in [3.63, 3.8) is 0 Å². The monoisotopic (exact) mass is 311 g/mol. The van der Waals surface area contributed by atoms with Gasteiger partial charge in [0.15, 0.2) is 0 Å². The highest BCUT2D eigenvalue weighted by molar-refractivity contribution is 5.93. The van der Waals surface area contributed by atoms with Crippen molar-refractivity contribution in [2.75, 3.05) is 0 Å². The van der Waals surface area contributed by atoms with Gasteiger partial charge in [-0.25, -0.2) is 0 Å². The number of carbonyl (C=O) groups excluding carboxylic acids is 2. The van der Waals surface area contributed by atoms with Crippen LogP contribution in [0.1, 0.15) is 29.1 Å². The molecule has 3 rings (SSSR count). The molecule has 0 aliphatic carbocycles. The van der Waals surface area contributed by atoms with Crippen LogP contribution in [0.25, 0.3) is 10.9 Å². The van der Waals surface area contributed by atoms with E-state index in [4.69, 9.17) is 4.42 Å². The Hall–Kier alpha value is -2.89. The number of nitrogens with one attached hydrogen (secondary N) is 1. The zero-order valence-electron chi connectivity index (χ0n) is 12.8. The van der Waals surface area contributed by atoms with Gasteiger partial charge in [0.2, 0.25) is 11.8 Å². The lowest BCUT2D eigenvalue weighted by molar-refractivity contribution is -0.121. The molecule has 118 valence electrons. The molecule has 0 aliphatic heterocycles. The summed E-state index contributed by atoms with van der Waals surface area (Å²) in [6, 6.07) is 11.1. The molecule has 0 atom stereocenters. The normalized spacial score (nSPS) is 10.8. The molecule has 0 fully saturated rings. The van der Waals surface area contributed by atoms with E-state index in [0.717, 1.165) is 16.6 Å². The van der Waals surface area contributed by atoms with E-state index >= 15 is 0 Å². The molecule has 0 unspecified atom stereocenters. The number of rotatable bonds is 5. The number of hydrogen-bond acceptors (Lipinski definition) is 4. The highest BCUT2D eigenvalue weighted by atomic mass is 16.3. The van der Waals surface area contributed by atoms with Gasteiger partial charge in [0.1, 0.15) is 5.76 Å². The van der Waals surface area contributed by atoms with Crippen LogP contribution in [-0.4, -0.2) is 21.6 Å². The molecule has 2 aromatic heterocycles. The third-order valence-electron chi connectivity index (χ3n) is 3.61. The summed E-state index contributed by atoms with van der Waals surface area (Å²) in [7, 11) is 0. The van der Waals surface area contributed by atoms with Gasteiger partial charge in [-0.1, -0.05) is 18.2 Å². The van der Waals surface area contributed by atoms with Gasteiger partial charge in [0, 0.05) is 18.2 Å². The Morgan fingerprint density at radius 3 is 2.78 bits per heavy atom. The first-order valence-electron chi connectivity index (χ1n) is 7.42. The lowest BCUT2D eigenvalue weighted by atomic mass is 10.2. The number of amides is 1. The lowest BCUT2D eigenvalue weighted by Crippen LogP contribution is -2.24. The third kappa shape index (κ3) is 3.31. The summed E-state index contributed by atoms with van der Waals surface area (Å²) >= 11 is 0. The Kier molecular flexibility index (Phi) is 4.23. The molecule has 0 saturated heterocycles. The first-order valence-corrected chi connectivity index (χ1v) is 7.42. The number of benzene rings is 1. The van der Waals surface area contributed by atoms with Crippen molar-refractivity contribution in [2.45, 2.75) is 26.3 Å². The predicted octanol–water partition coefficient (Wildman–Crippen LogP) is 2.67. The second kappa shape index (κ2) is 6.48. The molecule has 0 saturated carbocycles. The minimum absolute atomic E-state index is 0.106. The fourth-order valence-electron chi connectivity index (χ4n) is 2.43. The number of aryl methyl sites for hydroxylation is 1. The summed E-state index contributed by atoms with van der Waals surface area (Å²) in [4.78, 5) is 24.1. The maximum atomic E-state index is 12.3. The van der Waals surface area contributed by atoms with Gasteiger partial charge in [0.25, 0.3) is 0 Å². The van der Waals surface area contributed by atoms with E-state index in [2.05, 4.69) is 10.4 Å². The molecule has 3 aromatic rings. The summed E-state index contributed by atoms with van der Waals surface area (Å²) in [6.45, 7) is 2.19. The van der Waals surface area contributed by atoms with Crippen LogP contribution in [0.2, 0.25) is 0 Å². The average Bonchev–Trinajstić information content (AvgIpc) is 3.19. The second-order valence-corrected chi connectivity index (χ2v) is 5.26. The van der Waals surface area contributed by atoms with Crippen molar-refractivity contribution in [2.24, 2.45) is 0 Å². The topological polar surface area (TPSA) is 77.1 Å². The quantitative estimate of drug-likeness (QED) is 0.786. The largest absolute Gasteiger partial charge is 0.467 e. The molecule has 1 amide bonds. The summed E-state index contributed by atoms with van der Waals surface area (Å²) < 4.78 is 6.51. The van der Waals surface area contributed by atoms with Crippen LogP contribution in [0.4, 0.5) is 0 Å². The van der Waals surface area contributed by atoms with E-state index < -0.39 is 0 Å². The first kappa shape index (κ1) is 15.0. The Morgan fingerprint density at radius 1 is 1.17 bits per heavy atom. The zero-order valence-corrected chi connectivity index (χ0v) is 12.8. The molecule has 2 heterocycles. The predicted molar refractivity (Wildman–Crippen MR) is 84.9 cm³/mol. The van der Waals surface area contributed by atoms with Gasteiger partial charge < -0.3 is 9.73 Å². The minimum Gasteiger partial charge on any atom is -0.467 e. The van der Waals surface area contributed by atoms with Crippen molar-refractivity contribution in [3.05, 3.63) is 54.1 Å². The molecule has 0 radical (unpaired) electrons. The first-order chi connectivity index (χ1) is 11.1. The molecule has 1 aromatic carbocycles. The van der Waals surface area contributed by atoms with E-state index in [1.807, 2.05) is 31.2 Å². The van der Waals surface area contributed by atoms with Crippen LogP contribution in [-0.2, 0) is 11.3 Å². The van der Waals surface area contributed by atoms with Gasteiger partial charge in [-0.05, 0) is 25.1 Å². The SMILES string of the molecule is Cc1nn(C(=O)CCC(=O)NCc2ccco2)c2ccccc12. The Bertz CT molecular complexity index is 834. The highest BCUT2D eigenvalue weighted by Gasteiger charge is 2.14. The van der Waals surface area contributed by atoms with Crippen molar-refractivity contribution >= 4 is 22.7 Å². The fraction of sp³-hybridized carbons (Fsp3) is 0.235. The van der Waals surface area contributed by atoms with Crippen LogP contribution in [0, 0.1) is 6.92 Å². The van der Waals surface area contributed by atoms with Crippen molar-refractivity contribution in [3.8, 4) is 0 Å². The van der Waals surface area contributed by atoms with E-state index in [1.165, 1.54) is 4.68 Å². The number of para-hydroxylation sites is 1. The fourth-order valence-corrected chi connectivity index (χ4v) is 2.43. The van der Waals surface area contributed by atoms with E-state index in [0.29, 0.717) is 12.3 Å². The molecule has 1 N–H and O–H groups in total. The summed E-state index contributed by atoms with van der Waals surface area (Å²) in [5.41, 5.74) is 1.57. The molecule has 23 heavy (non-hydrogen) atoms. The molecule has 0 spiro atoms. The van der Waals surface area contributed by atoms with Crippen molar-refractivity contribution < 1.29 is 14.0 Å². The molecule has 0 aliphatic rings. The standard InChI is InChI=1S/C17H17N3O3/c1-12-14-6-2-3-7-15(14)20(19-12)17(22)9-8-16(21)18-11-13-5-4-10-23-13/h2-7,10H,8-9,11H2,1H3,(H,18,21). The van der Waals surface area contributed by atoms with Crippen LogP contribution in [0.3, 0.4) is 0 Å². The minimum atomic E-state index is -0.192. The van der Waals surface area contributed by atoms with Crippen molar-refractivity contribution in [1.82, 2.24) is 15.1 Å². The smallest absolute Gasteiger partial charge is 0.247 e. The summed E-state index contributed by atoms with van der Waals surface area (Å²) in [6.07, 6.45) is 1.78. The van der Waals surface area contributed by atoms with E-state index in [-0.39, 0.29) is 24.7 Å². The summed E-state index contributed by atoms with van der Waals surface area (Å²) in [5.74, 6) is 0.295. The van der Waals surface area contributed by atoms with Gasteiger partial charge in [0.05, 0.1) is 24.0 Å². The van der Waals surface area contributed by atoms with Crippen LogP contribution < -0.4 is 5.32 Å². The lowest BCUT2D eigenvalue weighted by Gasteiger charge is -2.04. The second-order valence-electron chi connectivity index (χ2n) is 5.26. The molecule has 0 bridgehead atoms. The number of carbonyl (C=O) groups is 2. The number of fused-ring (bicyclic) bond motifs is 1. The number of aromatic nitrogens is 2. The highest BCUT2D eigenvalue weighted by Crippen LogP contribution is 2.17. The summed E-state index contributed by atoms with van der Waals surface area (Å²) in [5, 5.41) is 7.94. The van der Waals surface area contributed by atoms with Gasteiger partial charge in [-0.2, -0.15) is 9.78 Å².